The van der Waals surface area contributed by atoms with Crippen molar-refractivity contribution in [2.24, 2.45) is 0 Å². The van der Waals surface area contributed by atoms with Gasteiger partial charge in [0.05, 0.1) is 6.10 Å². The SMILES string of the molecule is CCCCN1CC(O)CNC(C)C1. The van der Waals surface area contributed by atoms with Gasteiger partial charge in [-0.3, -0.25) is 4.90 Å². The van der Waals surface area contributed by atoms with E-state index in [-0.39, 0.29) is 6.10 Å². The van der Waals surface area contributed by atoms with Crippen molar-refractivity contribution >= 4 is 0 Å². The summed E-state index contributed by atoms with van der Waals surface area (Å²) < 4.78 is 0. The third-order valence-corrected chi connectivity index (χ3v) is 2.53. The minimum atomic E-state index is -0.193. The van der Waals surface area contributed by atoms with Gasteiger partial charge in [-0.1, -0.05) is 13.3 Å². The lowest BCUT2D eigenvalue weighted by molar-refractivity contribution is 0.129. The van der Waals surface area contributed by atoms with Crippen LogP contribution < -0.4 is 5.32 Å². The average molecular weight is 186 g/mol. The number of hydrogen-bond donors (Lipinski definition) is 2. The first-order chi connectivity index (χ1) is 6.22. The monoisotopic (exact) mass is 186 g/mol. The lowest BCUT2D eigenvalue weighted by Crippen LogP contribution is -2.35. The van der Waals surface area contributed by atoms with E-state index >= 15 is 0 Å². The summed E-state index contributed by atoms with van der Waals surface area (Å²) in [5.41, 5.74) is 0. The van der Waals surface area contributed by atoms with Crippen molar-refractivity contribution in [1.29, 1.82) is 0 Å². The van der Waals surface area contributed by atoms with E-state index in [1.165, 1.54) is 12.8 Å². The topological polar surface area (TPSA) is 35.5 Å². The van der Waals surface area contributed by atoms with Crippen LogP contribution in [-0.4, -0.2) is 48.3 Å². The first-order valence-corrected chi connectivity index (χ1v) is 5.36. The van der Waals surface area contributed by atoms with Gasteiger partial charge in [-0.05, 0) is 19.9 Å². The van der Waals surface area contributed by atoms with E-state index in [0.29, 0.717) is 6.04 Å². The summed E-state index contributed by atoms with van der Waals surface area (Å²) in [6.45, 7) is 8.14. The first kappa shape index (κ1) is 11.0. The van der Waals surface area contributed by atoms with Crippen LogP contribution >= 0.6 is 0 Å². The molecule has 2 atom stereocenters. The smallest absolute Gasteiger partial charge is 0.0791 e. The van der Waals surface area contributed by atoms with E-state index in [0.717, 1.165) is 26.2 Å². The Hall–Kier alpha value is -0.120. The summed E-state index contributed by atoms with van der Waals surface area (Å²) in [5, 5.41) is 12.9. The van der Waals surface area contributed by atoms with Crippen LogP contribution in [0, 0.1) is 0 Å². The molecular formula is C10H22N2O. The minimum Gasteiger partial charge on any atom is -0.390 e. The second-order valence-corrected chi connectivity index (χ2v) is 4.08. The van der Waals surface area contributed by atoms with Gasteiger partial charge in [0.25, 0.3) is 0 Å². The molecule has 0 aromatic rings. The predicted molar refractivity (Wildman–Crippen MR) is 54.8 cm³/mol. The quantitative estimate of drug-likeness (QED) is 0.671. The molecule has 13 heavy (non-hydrogen) atoms. The summed E-state index contributed by atoms with van der Waals surface area (Å²) >= 11 is 0. The van der Waals surface area contributed by atoms with Gasteiger partial charge in [-0.2, -0.15) is 0 Å². The number of aliphatic hydroxyl groups is 1. The van der Waals surface area contributed by atoms with Crippen molar-refractivity contribution in [3.05, 3.63) is 0 Å². The van der Waals surface area contributed by atoms with Crippen molar-refractivity contribution in [2.45, 2.75) is 38.8 Å². The molecule has 0 aromatic heterocycles. The predicted octanol–water partition coefficient (Wildman–Crippen LogP) is 0.441. The molecule has 1 saturated heterocycles. The van der Waals surface area contributed by atoms with Crippen LogP contribution in [0.15, 0.2) is 0 Å². The molecule has 3 heteroatoms. The van der Waals surface area contributed by atoms with Crippen molar-refractivity contribution in [1.82, 2.24) is 10.2 Å². The van der Waals surface area contributed by atoms with E-state index in [2.05, 4.69) is 24.1 Å². The van der Waals surface area contributed by atoms with E-state index in [1.807, 2.05) is 0 Å². The summed E-state index contributed by atoms with van der Waals surface area (Å²) in [5.74, 6) is 0. The molecule has 0 radical (unpaired) electrons. The van der Waals surface area contributed by atoms with Gasteiger partial charge in [-0.25, -0.2) is 0 Å². The number of aliphatic hydroxyl groups excluding tert-OH is 1. The molecule has 0 amide bonds. The molecule has 0 spiro atoms. The lowest BCUT2D eigenvalue weighted by Gasteiger charge is -2.22. The normalized spacial score (nSPS) is 31.6. The van der Waals surface area contributed by atoms with Crippen molar-refractivity contribution < 1.29 is 5.11 Å². The molecule has 1 heterocycles. The maximum Gasteiger partial charge on any atom is 0.0791 e. The summed E-state index contributed by atoms with van der Waals surface area (Å²) in [6.07, 6.45) is 2.27. The average Bonchev–Trinajstić information content (AvgIpc) is 2.25. The number of nitrogens with zero attached hydrogens (tertiary/aromatic N) is 1. The van der Waals surface area contributed by atoms with Gasteiger partial charge >= 0.3 is 0 Å². The summed E-state index contributed by atoms with van der Waals surface area (Å²) in [6, 6.07) is 0.508. The minimum absolute atomic E-state index is 0.193. The van der Waals surface area contributed by atoms with E-state index < -0.39 is 0 Å². The zero-order chi connectivity index (χ0) is 9.68. The van der Waals surface area contributed by atoms with Gasteiger partial charge in [0, 0.05) is 25.7 Å². The lowest BCUT2D eigenvalue weighted by atomic mass is 10.2. The number of β-amino-alcohol motifs (C(OH)–C–C–N with tert-alkyl or cyclic N) is 1. The Balaban J connectivity index is 2.32. The number of rotatable bonds is 3. The molecule has 1 rings (SSSR count). The Morgan fingerprint density at radius 2 is 2.23 bits per heavy atom. The molecule has 0 aliphatic carbocycles. The molecule has 0 aromatic carbocycles. The van der Waals surface area contributed by atoms with Crippen LogP contribution in [0.5, 0.6) is 0 Å². The second kappa shape index (κ2) is 5.58. The third kappa shape index (κ3) is 4.07. The fourth-order valence-corrected chi connectivity index (χ4v) is 1.79. The largest absolute Gasteiger partial charge is 0.390 e. The third-order valence-electron chi connectivity index (χ3n) is 2.53. The van der Waals surface area contributed by atoms with E-state index in [4.69, 9.17) is 0 Å². The number of nitrogens with one attached hydrogen (secondary N) is 1. The zero-order valence-corrected chi connectivity index (χ0v) is 8.79. The molecule has 1 fully saturated rings. The maximum atomic E-state index is 9.57. The molecule has 1 aliphatic heterocycles. The number of unbranched alkanes of at least 4 members (excludes halogenated alkanes) is 1. The Labute approximate surface area is 81.1 Å². The maximum absolute atomic E-state index is 9.57. The highest BCUT2D eigenvalue weighted by Gasteiger charge is 2.18. The van der Waals surface area contributed by atoms with Crippen LogP contribution in [0.4, 0.5) is 0 Å². The highest BCUT2D eigenvalue weighted by Crippen LogP contribution is 2.02. The zero-order valence-electron chi connectivity index (χ0n) is 8.79. The van der Waals surface area contributed by atoms with Gasteiger partial charge in [0.2, 0.25) is 0 Å². The van der Waals surface area contributed by atoms with Crippen molar-refractivity contribution in [2.75, 3.05) is 26.2 Å². The molecule has 2 N–H and O–H groups in total. The highest BCUT2D eigenvalue weighted by atomic mass is 16.3. The molecule has 3 nitrogen and oxygen atoms in total. The Kier molecular flexibility index (Phi) is 4.70. The summed E-state index contributed by atoms with van der Waals surface area (Å²) in [4.78, 5) is 2.36. The van der Waals surface area contributed by atoms with Gasteiger partial charge < -0.3 is 10.4 Å². The van der Waals surface area contributed by atoms with E-state index in [1.54, 1.807) is 0 Å². The molecule has 0 bridgehead atoms. The standard InChI is InChI=1S/C10H22N2O/c1-3-4-5-12-7-9(2)11-6-10(13)8-12/h9-11,13H,3-8H2,1-2H3. The van der Waals surface area contributed by atoms with E-state index in [9.17, 15) is 5.11 Å². The fourth-order valence-electron chi connectivity index (χ4n) is 1.79. The van der Waals surface area contributed by atoms with Crippen LogP contribution in [0.1, 0.15) is 26.7 Å². The van der Waals surface area contributed by atoms with Crippen molar-refractivity contribution in [3.63, 3.8) is 0 Å². The van der Waals surface area contributed by atoms with Crippen LogP contribution in [0.25, 0.3) is 0 Å². The van der Waals surface area contributed by atoms with Crippen molar-refractivity contribution in [3.8, 4) is 0 Å². The molecule has 0 saturated carbocycles. The van der Waals surface area contributed by atoms with Crippen LogP contribution in [0.2, 0.25) is 0 Å². The van der Waals surface area contributed by atoms with Crippen LogP contribution in [0.3, 0.4) is 0 Å². The molecule has 1 aliphatic rings. The van der Waals surface area contributed by atoms with Gasteiger partial charge in [0.1, 0.15) is 0 Å². The first-order valence-electron chi connectivity index (χ1n) is 5.36. The molecular weight excluding hydrogens is 164 g/mol. The van der Waals surface area contributed by atoms with Gasteiger partial charge in [-0.15, -0.1) is 0 Å². The Morgan fingerprint density at radius 3 is 2.92 bits per heavy atom. The Bertz CT molecular complexity index is 129. The van der Waals surface area contributed by atoms with Crippen LogP contribution in [-0.2, 0) is 0 Å². The Morgan fingerprint density at radius 1 is 1.46 bits per heavy atom. The highest BCUT2D eigenvalue weighted by molar-refractivity contribution is 4.77. The number of hydrogen-bond acceptors (Lipinski definition) is 3. The molecule has 78 valence electrons. The molecule has 2 unspecified atom stereocenters. The van der Waals surface area contributed by atoms with Gasteiger partial charge in [0.15, 0.2) is 0 Å². The summed E-state index contributed by atoms with van der Waals surface area (Å²) in [7, 11) is 0. The second-order valence-electron chi connectivity index (χ2n) is 4.08. The fraction of sp³-hybridized carbons (Fsp3) is 1.00.